The van der Waals surface area contributed by atoms with Crippen molar-refractivity contribution < 1.29 is 9.59 Å². The fourth-order valence-electron chi connectivity index (χ4n) is 2.43. The Bertz CT molecular complexity index is 700. The number of anilines is 1. The van der Waals surface area contributed by atoms with Gasteiger partial charge in [-0.25, -0.2) is 0 Å². The molecule has 0 radical (unpaired) electrons. The molecule has 4 nitrogen and oxygen atoms in total. The zero-order chi connectivity index (χ0) is 18.1. The van der Waals surface area contributed by atoms with Gasteiger partial charge in [0.2, 0.25) is 5.91 Å². The first-order valence-corrected chi connectivity index (χ1v) is 9.49. The second kappa shape index (κ2) is 9.89. The molecule has 5 heteroatoms. The maximum atomic E-state index is 12.4. The summed E-state index contributed by atoms with van der Waals surface area (Å²) in [7, 11) is 0. The van der Waals surface area contributed by atoms with Gasteiger partial charge in [0.25, 0.3) is 5.91 Å². The summed E-state index contributed by atoms with van der Waals surface area (Å²) in [5.41, 5.74) is 1.26. The van der Waals surface area contributed by atoms with E-state index in [0.29, 0.717) is 36.5 Å². The lowest BCUT2D eigenvalue weighted by atomic mass is 10.1. The molecule has 2 rings (SSSR count). The third-order valence-corrected chi connectivity index (χ3v) is 4.80. The highest BCUT2D eigenvalue weighted by atomic mass is 32.2. The third-order valence-electron chi connectivity index (χ3n) is 3.78. The normalized spacial score (nSPS) is 10.3. The number of amides is 2. The van der Waals surface area contributed by atoms with Crippen molar-refractivity contribution in [2.24, 2.45) is 0 Å². The van der Waals surface area contributed by atoms with E-state index in [2.05, 4.69) is 5.32 Å². The van der Waals surface area contributed by atoms with Gasteiger partial charge in [0, 0.05) is 41.4 Å². The van der Waals surface area contributed by atoms with E-state index in [-0.39, 0.29) is 11.8 Å². The maximum absolute atomic E-state index is 12.4. The van der Waals surface area contributed by atoms with E-state index in [0.717, 1.165) is 4.90 Å². The van der Waals surface area contributed by atoms with Gasteiger partial charge < -0.3 is 10.2 Å². The van der Waals surface area contributed by atoms with E-state index in [1.54, 1.807) is 40.9 Å². The van der Waals surface area contributed by atoms with Crippen molar-refractivity contribution in [2.45, 2.75) is 25.2 Å². The highest BCUT2D eigenvalue weighted by molar-refractivity contribution is 7.99. The minimum absolute atomic E-state index is 0.0132. The van der Waals surface area contributed by atoms with E-state index >= 15 is 0 Å². The number of nitrogens with one attached hydrogen (secondary N) is 1. The number of benzene rings is 2. The van der Waals surface area contributed by atoms with Crippen LogP contribution in [-0.2, 0) is 4.79 Å². The minimum Gasteiger partial charge on any atom is -0.339 e. The highest BCUT2D eigenvalue weighted by Gasteiger charge is 2.13. The zero-order valence-corrected chi connectivity index (χ0v) is 15.5. The molecule has 0 saturated carbocycles. The Kier molecular flexibility index (Phi) is 7.54. The predicted octanol–water partition coefficient (Wildman–Crippen LogP) is 4.29. The van der Waals surface area contributed by atoms with Gasteiger partial charge in [-0.05, 0) is 44.2 Å². The Labute approximate surface area is 153 Å². The number of rotatable bonds is 8. The summed E-state index contributed by atoms with van der Waals surface area (Å²) in [6.45, 7) is 5.25. The van der Waals surface area contributed by atoms with E-state index < -0.39 is 0 Å². The van der Waals surface area contributed by atoms with Crippen LogP contribution >= 0.6 is 11.8 Å². The first-order valence-electron chi connectivity index (χ1n) is 8.51. The summed E-state index contributed by atoms with van der Waals surface area (Å²) < 4.78 is 0. The van der Waals surface area contributed by atoms with Crippen LogP contribution in [0.5, 0.6) is 0 Å². The van der Waals surface area contributed by atoms with Crippen LogP contribution in [0.2, 0.25) is 0 Å². The van der Waals surface area contributed by atoms with Crippen LogP contribution in [-0.4, -0.2) is 35.6 Å². The molecule has 0 unspecified atom stereocenters. The molecular formula is C20H24N2O2S. The molecule has 0 aliphatic carbocycles. The molecule has 2 aromatic rings. The number of carbonyl (C=O) groups is 2. The molecule has 132 valence electrons. The van der Waals surface area contributed by atoms with Crippen LogP contribution in [0.15, 0.2) is 59.5 Å². The Hall–Kier alpha value is -2.27. The van der Waals surface area contributed by atoms with Gasteiger partial charge in [0.1, 0.15) is 0 Å². The summed E-state index contributed by atoms with van der Waals surface area (Å²) in [5, 5.41) is 2.88. The third kappa shape index (κ3) is 5.94. The molecule has 0 saturated heterocycles. The highest BCUT2D eigenvalue weighted by Crippen LogP contribution is 2.18. The molecule has 0 heterocycles. The fourth-order valence-corrected chi connectivity index (χ4v) is 3.30. The quantitative estimate of drug-likeness (QED) is 0.718. The van der Waals surface area contributed by atoms with Crippen molar-refractivity contribution in [2.75, 3.05) is 24.2 Å². The largest absolute Gasteiger partial charge is 0.339 e. The Morgan fingerprint density at radius 1 is 1.00 bits per heavy atom. The van der Waals surface area contributed by atoms with Gasteiger partial charge >= 0.3 is 0 Å². The van der Waals surface area contributed by atoms with Crippen molar-refractivity contribution in [1.29, 1.82) is 0 Å². The average Bonchev–Trinajstić information content (AvgIpc) is 2.63. The topological polar surface area (TPSA) is 49.4 Å². The van der Waals surface area contributed by atoms with Gasteiger partial charge in [-0.1, -0.05) is 24.3 Å². The Balaban J connectivity index is 1.88. The Morgan fingerprint density at radius 2 is 1.72 bits per heavy atom. The summed E-state index contributed by atoms with van der Waals surface area (Å²) in [4.78, 5) is 27.4. The number of hydrogen-bond donors (Lipinski definition) is 1. The lowest BCUT2D eigenvalue weighted by molar-refractivity contribution is -0.115. The van der Waals surface area contributed by atoms with Crippen LogP contribution in [0.1, 0.15) is 30.6 Å². The van der Waals surface area contributed by atoms with Gasteiger partial charge in [-0.15, -0.1) is 11.8 Å². The number of thioether (sulfide) groups is 1. The molecular weight excluding hydrogens is 332 g/mol. The van der Waals surface area contributed by atoms with Gasteiger partial charge in [-0.2, -0.15) is 0 Å². The van der Waals surface area contributed by atoms with Crippen molar-refractivity contribution >= 4 is 29.3 Å². The SMILES string of the molecule is CCN(CC)C(=O)c1cccc(NC(=O)CCSc2ccccc2)c1. The molecule has 2 amide bonds. The molecule has 1 N–H and O–H groups in total. The van der Waals surface area contributed by atoms with Crippen LogP contribution in [0.25, 0.3) is 0 Å². The first-order chi connectivity index (χ1) is 12.1. The second-order valence-electron chi connectivity index (χ2n) is 5.52. The molecule has 0 bridgehead atoms. The summed E-state index contributed by atoms with van der Waals surface area (Å²) in [5.74, 6) is 0.657. The van der Waals surface area contributed by atoms with Crippen LogP contribution in [0.4, 0.5) is 5.69 Å². The molecule has 0 aliphatic rings. The van der Waals surface area contributed by atoms with Crippen molar-refractivity contribution in [3.05, 3.63) is 60.2 Å². The molecule has 0 atom stereocenters. The van der Waals surface area contributed by atoms with Crippen molar-refractivity contribution in [3.63, 3.8) is 0 Å². The van der Waals surface area contributed by atoms with Crippen LogP contribution in [0.3, 0.4) is 0 Å². The maximum Gasteiger partial charge on any atom is 0.253 e. The first kappa shape index (κ1) is 19.1. The number of hydrogen-bond acceptors (Lipinski definition) is 3. The summed E-state index contributed by atoms with van der Waals surface area (Å²) >= 11 is 1.66. The Morgan fingerprint density at radius 3 is 2.40 bits per heavy atom. The summed E-state index contributed by atoms with van der Waals surface area (Å²) in [6.07, 6.45) is 0.424. The lowest BCUT2D eigenvalue weighted by Gasteiger charge is -2.19. The fraction of sp³-hybridized carbons (Fsp3) is 0.300. The summed E-state index contributed by atoms with van der Waals surface area (Å²) in [6, 6.07) is 17.1. The van der Waals surface area contributed by atoms with E-state index in [4.69, 9.17) is 0 Å². The number of nitrogens with zero attached hydrogens (tertiary/aromatic N) is 1. The second-order valence-corrected chi connectivity index (χ2v) is 6.69. The van der Waals surface area contributed by atoms with E-state index in [9.17, 15) is 9.59 Å². The molecule has 0 aromatic heterocycles. The number of carbonyl (C=O) groups excluding carboxylic acids is 2. The predicted molar refractivity (Wildman–Crippen MR) is 104 cm³/mol. The van der Waals surface area contributed by atoms with E-state index in [1.165, 1.54) is 0 Å². The monoisotopic (exact) mass is 356 g/mol. The zero-order valence-electron chi connectivity index (χ0n) is 14.7. The van der Waals surface area contributed by atoms with Crippen molar-refractivity contribution in [3.8, 4) is 0 Å². The smallest absolute Gasteiger partial charge is 0.253 e. The van der Waals surface area contributed by atoms with Gasteiger partial charge in [0.15, 0.2) is 0 Å². The van der Waals surface area contributed by atoms with Gasteiger partial charge in [-0.3, -0.25) is 9.59 Å². The molecule has 25 heavy (non-hydrogen) atoms. The van der Waals surface area contributed by atoms with E-state index in [1.807, 2.05) is 44.2 Å². The molecule has 0 spiro atoms. The molecule has 0 aliphatic heterocycles. The van der Waals surface area contributed by atoms with Crippen LogP contribution in [0, 0.1) is 0 Å². The van der Waals surface area contributed by atoms with Crippen LogP contribution < -0.4 is 5.32 Å². The molecule has 2 aromatic carbocycles. The van der Waals surface area contributed by atoms with Crippen molar-refractivity contribution in [1.82, 2.24) is 4.90 Å². The standard InChI is InChI=1S/C20H24N2O2S/c1-3-22(4-2)20(24)16-9-8-10-17(15-16)21-19(23)13-14-25-18-11-6-5-7-12-18/h5-12,15H,3-4,13-14H2,1-2H3,(H,21,23). The lowest BCUT2D eigenvalue weighted by Crippen LogP contribution is -2.30. The van der Waals surface area contributed by atoms with Gasteiger partial charge in [0.05, 0.1) is 0 Å². The average molecular weight is 356 g/mol. The molecule has 0 fully saturated rings. The minimum atomic E-state index is -0.0455.